The summed E-state index contributed by atoms with van der Waals surface area (Å²) < 4.78 is 5.67. The molecular formula is C13H14Cl2N2O. The van der Waals surface area contributed by atoms with E-state index < -0.39 is 0 Å². The van der Waals surface area contributed by atoms with Gasteiger partial charge in [0.25, 0.3) is 0 Å². The molecule has 0 spiro atoms. The number of halogens is 2. The first kappa shape index (κ1) is 13.4. The van der Waals surface area contributed by atoms with Crippen molar-refractivity contribution < 1.29 is 4.42 Å². The van der Waals surface area contributed by atoms with E-state index in [0.717, 1.165) is 30.8 Å². The Balaban J connectivity index is 2.13. The molecule has 0 saturated carbocycles. The Morgan fingerprint density at radius 3 is 2.89 bits per heavy atom. The van der Waals surface area contributed by atoms with Gasteiger partial charge in [0.15, 0.2) is 11.7 Å². The molecule has 0 aliphatic carbocycles. The van der Waals surface area contributed by atoms with Crippen molar-refractivity contribution in [3.05, 3.63) is 40.3 Å². The fourth-order valence-corrected chi connectivity index (χ4v) is 2.16. The van der Waals surface area contributed by atoms with Gasteiger partial charge in [-0.15, -0.1) is 0 Å². The number of aryl methyl sites for hydroxylation is 1. The highest BCUT2D eigenvalue weighted by atomic mass is 35.5. The SMILES string of the molecule is CNCCCc1ncc(-c2ccc(Cl)cc2Cl)o1. The van der Waals surface area contributed by atoms with Crippen LogP contribution >= 0.6 is 23.2 Å². The molecule has 0 unspecified atom stereocenters. The minimum Gasteiger partial charge on any atom is -0.441 e. The zero-order chi connectivity index (χ0) is 13.0. The average molecular weight is 285 g/mol. The Morgan fingerprint density at radius 2 is 2.17 bits per heavy atom. The zero-order valence-electron chi connectivity index (χ0n) is 10.0. The minimum absolute atomic E-state index is 0.570. The van der Waals surface area contributed by atoms with Gasteiger partial charge in [0, 0.05) is 17.0 Å². The summed E-state index contributed by atoms with van der Waals surface area (Å²) in [5, 5.41) is 4.27. The zero-order valence-corrected chi connectivity index (χ0v) is 11.6. The lowest BCUT2D eigenvalue weighted by molar-refractivity contribution is 0.495. The van der Waals surface area contributed by atoms with Gasteiger partial charge in [-0.25, -0.2) is 4.98 Å². The maximum atomic E-state index is 6.12. The molecule has 2 rings (SSSR count). The Morgan fingerprint density at radius 1 is 1.33 bits per heavy atom. The monoisotopic (exact) mass is 284 g/mol. The third-order valence-electron chi connectivity index (χ3n) is 2.57. The molecule has 1 aromatic carbocycles. The maximum Gasteiger partial charge on any atom is 0.194 e. The van der Waals surface area contributed by atoms with E-state index in [1.807, 2.05) is 13.1 Å². The van der Waals surface area contributed by atoms with E-state index in [1.165, 1.54) is 0 Å². The summed E-state index contributed by atoms with van der Waals surface area (Å²) in [7, 11) is 1.93. The molecule has 2 aromatic rings. The molecule has 0 radical (unpaired) electrons. The molecular weight excluding hydrogens is 271 g/mol. The van der Waals surface area contributed by atoms with E-state index in [4.69, 9.17) is 27.6 Å². The van der Waals surface area contributed by atoms with Crippen molar-refractivity contribution >= 4 is 23.2 Å². The third kappa shape index (κ3) is 3.25. The maximum absolute atomic E-state index is 6.12. The van der Waals surface area contributed by atoms with Gasteiger partial charge in [0.05, 0.1) is 11.2 Å². The Kier molecular flexibility index (Phi) is 4.64. The van der Waals surface area contributed by atoms with E-state index in [0.29, 0.717) is 15.8 Å². The Hall–Kier alpha value is -1.03. The molecule has 96 valence electrons. The highest BCUT2D eigenvalue weighted by Gasteiger charge is 2.10. The normalized spacial score (nSPS) is 10.8. The number of benzene rings is 1. The molecule has 1 heterocycles. The highest BCUT2D eigenvalue weighted by Crippen LogP contribution is 2.30. The summed E-state index contributed by atoms with van der Waals surface area (Å²) in [5.74, 6) is 1.40. The summed E-state index contributed by atoms with van der Waals surface area (Å²) in [4.78, 5) is 4.24. The van der Waals surface area contributed by atoms with Crippen LogP contribution in [-0.2, 0) is 6.42 Å². The number of nitrogens with one attached hydrogen (secondary N) is 1. The van der Waals surface area contributed by atoms with Crippen LogP contribution in [0.25, 0.3) is 11.3 Å². The lowest BCUT2D eigenvalue weighted by atomic mass is 10.2. The van der Waals surface area contributed by atoms with Crippen molar-refractivity contribution in [1.82, 2.24) is 10.3 Å². The summed E-state index contributed by atoms with van der Waals surface area (Å²) in [6.07, 6.45) is 3.50. The fraction of sp³-hybridized carbons (Fsp3) is 0.308. The molecule has 0 fully saturated rings. The largest absolute Gasteiger partial charge is 0.441 e. The van der Waals surface area contributed by atoms with Gasteiger partial charge in [-0.3, -0.25) is 0 Å². The topological polar surface area (TPSA) is 38.1 Å². The van der Waals surface area contributed by atoms with Crippen LogP contribution in [0.1, 0.15) is 12.3 Å². The van der Waals surface area contributed by atoms with Crippen molar-refractivity contribution in [2.24, 2.45) is 0 Å². The van der Waals surface area contributed by atoms with E-state index in [-0.39, 0.29) is 0 Å². The molecule has 0 bridgehead atoms. The first-order chi connectivity index (χ1) is 8.70. The van der Waals surface area contributed by atoms with Crippen molar-refractivity contribution in [2.75, 3.05) is 13.6 Å². The molecule has 0 atom stereocenters. The molecule has 18 heavy (non-hydrogen) atoms. The van der Waals surface area contributed by atoms with E-state index in [1.54, 1.807) is 18.3 Å². The molecule has 3 nitrogen and oxygen atoms in total. The fourth-order valence-electron chi connectivity index (χ4n) is 1.66. The summed E-state index contributed by atoms with van der Waals surface area (Å²) in [6.45, 7) is 0.944. The first-order valence-electron chi connectivity index (χ1n) is 5.75. The predicted octanol–water partition coefficient (Wildman–Crippen LogP) is 3.80. The standard InChI is InChI=1S/C13H14Cl2N2O/c1-16-6-2-3-13-17-8-12(18-13)10-5-4-9(14)7-11(10)15/h4-5,7-8,16H,2-3,6H2,1H3. The van der Waals surface area contributed by atoms with Crippen LogP contribution in [0.3, 0.4) is 0 Å². The molecule has 0 amide bonds. The van der Waals surface area contributed by atoms with E-state index in [2.05, 4.69) is 10.3 Å². The van der Waals surface area contributed by atoms with Gasteiger partial charge in [-0.2, -0.15) is 0 Å². The number of aromatic nitrogens is 1. The van der Waals surface area contributed by atoms with Gasteiger partial charge in [0.2, 0.25) is 0 Å². The Bertz CT molecular complexity index is 525. The van der Waals surface area contributed by atoms with E-state index in [9.17, 15) is 0 Å². The average Bonchev–Trinajstić information content (AvgIpc) is 2.78. The summed E-state index contributed by atoms with van der Waals surface area (Å²) in [5.41, 5.74) is 0.813. The molecule has 5 heteroatoms. The molecule has 0 aliphatic rings. The molecule has 0 aliphatic heterocycles. The van der Waals surface area contributed by atoms with Crippen LogP contribution in [0.2, 0.25) is 10.0 Å². The molecule has 1 N–H and O–H groups in total. The summed E-state index contributed by atoms with van der Waals surface area (Å²) in [6, 6.07) is 5.32. The first-order valence-corrected chi connectivity index (χ1v) is 6.51. The highest BCUT2D eigenvalue weighted by molar-refractivity contribution is 6.36. The number of oxazole rings is 1. The quantitative estimate of drug-likeness (QED) is 0.849. The summed E-state index contributed by atoms with van der Waals surface area (Å²) >= 11 is 12.0. The van der Waals surface area contributed by atoms with Crippen LogP contribution in [0, 0.1) is 0 Å². The van der Waals surface area contributed by atoms with Crippen molar-refractivity contribution in [3.8, 4) is 11.3 Å². The van der Waals surface area contributed by atoms with Gasteiger partial charge in [-0.1, -0.05) is 23.2 Å². The predicted molar refractivity (Wildman–Crippen MR) is 74.2 cm³/mol. The third-order valence-corrected chi connectivity index (χ3v) is 3.12. The van der Waals surface area contributed by atoms with Crippen LogP contribution in [0.15, 0.2) is 28.8 Å². The van der Waals surface area contributed by atoms with Crippen molar-refractivity contribution in [1.29, 1.82) is 0 Å². The van der Waals surface area contributed by atoms with Crippen LogP contribution in [0.4, 0.5) is 0 Å². The number of nitrogens with zero attached hydrogens (tertiary/aromatic N) is 1. The van der Waals surface area contributed by atoms with Crippen LogP contribution in [-0.4, -0.2) is 18.6 Å². The molecule has 0 saturated heterocycles. The van der Waals surface area contributed by atoms with Gasteiger partial charge in [-0.05, 0) is 38.2 Å². The molecule has 1 aromatic heterocycles. The van der Waals surface area contributed by atoms with Crippen molar-refractivity contribution in [2.45, 2.75) is 12.8 Å². The number of hydrogen-bond donors (Lipinski definition) is 1. The lowest BCUT2D eigenvalue weighted by Crippen LogP contribution is -2.08. The lowest BCUT2D eigenvalue weighted by Gasteiger charge is -2.00. The Labute approximate surface area is 116 Å². The second kappa shape index (κ2) is 6.23. The minimum atomic E-state index is 0.570. The van der Waals surface area contributed by atoms with E-state index >= 15 is 0 Å². The van der Waals surface area contributed by atoms with Crippen LogP contribution in [0.5, 0.6) is 0 Å². The number of hydrogen-bond acceptors (Lipinski definition) is 3. The van der Waals surface area contributed by atoms with Crippen molar-refractivity contribution in [3.63, 3.8) is 0 Å². The van der Waals surface area contributed by atoms with Crippen LogP contribution < -0.4 is 5.32 Å². The number of rotatable bonds is 5. The van der Waals surface area contributed by atoms with Gasteiger partial charge in [0.1, 0.15) is 0 Å². The van der Waals surface area contributed by atoms with Gasteiger partial charge >= 0.3 is 0 Å². The second-order valence-electron chi connectivity index (χ2n) is 3.95. The smallest absolute Gasteiger partial charge is 0.194 e. The van der Waals surface area contributed by atoms with Gasteiger partial charge < -0.3 is 9.73 Å². The second-order valence-corrected chi connectivity index (χ2v) is 4.79.